The third-order valence-electron chi connectivity index (χ3n) is 2.17. The molecule has 1 radical (unpaired) electrons. The second-order valence-corrected chi connectivity index (χ2v) is 3.18. The fraction of sp³-hybridized carbons (Fsp3) is 0.556. The number of hydrogen-bond acceptors (Lipinski definition) is 3. The molecule has 69 valence electrons. The highest BCUT2D eigenvalue weighted by atomic mass is 15.2. The van der Waals surface area contributed by atoms with Crippen LogP contribution in [0.25, 0.3) is 0 Å². The average Bonchev–Trinajstić information content (AvgIpc) is 2.19. The fourth-order valence-corrected chi connectivity index (χ4v) is 1.45. The first-order valence-electron chi connectivity index (χ1n) is 4.53. The Labute approximate surface area is 78.0 Å². The van der Waals surface area contributed by atoms with Crippen LogP contribution in [0.5, 0.6) is 0 Å². The molecule has 1 fully saturated rings. The smallest absolute Gasteiger partial charge is 0.132 e. The summed E-state index contributed by atoms with van der Waals surface area (Å²) < 4.78 is 0. The average molecular weight is 177 g/mol. The Hall–Kier alpha value is -1.16. The Morgan fingerprint density at radius 2 is 2.00 bits per heavy atom. The van der Waals surface area contributed by atoms with Crippen molar-refractivity contribution in [2.75, 3.05) is 31.1 Å². The number of aryl methyl sites for hydroxylation is 1. The van der Waals surface area contributed by atoms with Crippen LogP contribution in [0.4, 0.5) is 5.82 Å². The highest BCUT2D eigenvalue weighted by molar-refractivity contribution is 5.39. The summed E-state index contributed by atoms with van der Waals surface area (Å²) in [5, 5.41) is 4.29. The molecule has 0 spiro atoms. The van der Waals surface area contributed by atoms with E-state index >= 15 is 0 Å². The number of anilines is 1. The van der Waals surface area contributed by atoms with Crippen LogP contribution < -0.4 is 10.2 Å². The van der Waals surface area contributed by atoms with Gasteiger partial charge in [-0.15, -0.1) is 0 Å². The maximum absolute atomic E-state index is 4.29. The summed E-state index contributed by atoms with van der Waals surface area (Å²) in [6.07, 6.45) is 1.62. The van der Waals surface area contributed by atoms with Crippen molar-refractivity contribution in [3.05, 3.63) is 18.1 Å². The van der Waals surface area contributed by atoms with Gasteiger partial charge in [0, 0.05) is 37.9 Å². The Morgan fingerprint density at radius 3 is 2.69 bits per heavy atom. The molecule has 13 heavy (non-hydrogen) atoms. The number of nitrogens with zero attached hydrogens (tertiary/aromatic N) is 4. The van der Waals surface area contributed by atoms with Gasteiger partial charge in [-0.2, -0.15) is 0 Å². The monoisotopic (exact) mass is 177 g/mol. The summed E-state index contributed by atoms with van der Waals surface area (Å²) >= 11 is 0. The molecule has 1 saturated heterocycles. The first-order valence-corrected chi connectivity index (χ1v) is 4.53. The van der Waals surface area contributed by atoms with E-state index in [4.69, 9.17) is 0 Å². The van der Waals surface area contributed by atoms with E-state index in [0.717, 1.165) is 37.7 Å². The van der Waals surface area contributed by atoms with E-state index in [1.165, 1.54) is 0 Å². The highest BCUT2D eigenvalue weighted by Gasteiger charge is 2.11. The van der Waals surface area contributed by atoms with Gasteiger partial charge in [-0.1, -0.05) is 0 Å². The van der Waals surface area contributed by atoms with Gasteiger partial charge in [-0.05, 0) is 6.92 Å². The second kappa shape index (κ2) is 3.70. The summed E-state index contributed by atoms with van der Waals surface area (Å²) in [6.45, 7) is 5.79. The van der Waals surface area contributed by atoms with E-state index in [1.54, 1.807) is 6.33 Å². The third kappa shape index (κ3) is 1.95. The van der Waals surface area contributed by atoms with Crippen molar-refractivity contribution >= 4 is 5.82 Å². The van der Waals surface area contributed by atoms with Crippen molar-refractivity contribution in [3.8, 4) is 0 Å². The van der Waals surface area contributed by atoms with Crippen LogP contribution in [0.3, 0.4) is 0 Å². The predicted molar refractivity (Wildman–Crippen MR) is 50.9 cm³/mol. The van der Waals surface area contributed by atoms with Crippen molar-refractivity contribution < 1.29 is 0 Å². The molecule has 4 heteroatoms. The fourth-order valence-electron chi connectivity index (χ4n) is 1.45. The molecular formula is C9H13N4. The number of hydrogen-bond donors (Lipinski definition) is 0. The molecule has 0 bridgehead atoms. The Bertz CT molecular complexity index is 281. The van der Waals surface area contributed by atoms with Gasteiger partial charge in [0.25, 0.3) is 0 Å². The predicted octanol–water partition coefficient (Wildman–Crippen LogP) is 0.209. The Balaban J connectivity index is 2.14. The van der Waals surface area contributed by atoms with Crippen molar-refractivity contribution in [3.63, 3.8) is 0 Å². The molecular weight excluding hydrogens is 164 g/mol. The standard InChI is InChI=1S/C9H13N4/c1-8-6-9(12-7-11-8)13-4-2-10-3-5-13/h6-7H,2-5H2,1H3. The van der Waals surface area contributed by atoms with Gasteiger partial charge in [-0.25, -0.2) is 15.3 Å². The van der Waals surface area contributed by atoms with E-state index in [2.05, 4.69) is 20.2 Å². The second-order valence-electron chi connectivity index (χ2n) is 3.18. The summed E-state index contributed by atoms with van der Waals surface area (Å²) in [5.74, 6) is 1.03. The number of rotatable bonds is 1. The minimum Gasteiger partial charge on any atom is -0.354 e. The molecule has 0 amide bonds. The molecule has 0 atom stereocenters. The lowest BCUT2D eigenvalue weighted by Gasteiger charge is -2.27. The number of piperazine rings is 1. The van der Waals surface area contributed by atoms with E-state index < -0.39 is 0 Å². The molecule has 1 aliphatic heterocycles. The van der Waals surface area contributed by atoms with E-state index in [9.17, 15) is 0 Å². The molecule has 2 rings (SSSR count). The van der Waals surface area contributed by atoms with Gasteiger partial charge in [0.15, 0.2) is 0 Å². The minimum atomic E-state index is 0.920. The summed E-state index contributed by atoms with van der Waals surface area (Å²) in [7, 11) is 0. The molecule has 4 nitrogen and oxygen atoms in total. The quantitative estimate of drug-likeness (QED) is 0.616. The molecule has 0 unspecified atom stereocenters. The lowest BCUT2D eigenvalue weighted by Crippen LogP contribution is -2.40. The van der Waals surface area contributed by atoms with Crippen LogP contribution in [-0.4, -0.2) is 36.1 Å². The zero-order chi connectivity index (χ0) is 9.10. The Morgan fingerprint density at radius 1 is 1.23 bits per heavy atom. The summed E-state index contributed by atoms with van der Waals surface area (Å²) in [4.78, 5) is 10.6. The van der Waals surface area contributed by atoms with Crippen molar-refractivity contribution in [1.82, 2.24) is 15.3 Å². The zero-order valence-electron chi connectivity index (χ0n) is 7.77. The van der Waals surface area contributed by atoms with Crippen LogP contribution in [-0.2, 0) is 0 Å². The highest BCUT2D eigenvalue weighted by Crippen LogP contribution is 2.10. The minimum absolute atomic E-state index is 0.920. The molecule has 1 aromatic rings. The van der Waals surface area contributed by atoms with Crippen LogP contribution in [0.2, 0.25) is 0 Å². The summed E-state index contributed by atoms with van der Waals surface area (Å²) in [6, 6.07) is 2.02. The molecule has 2 heterocycles. The van der Waals surface area contributed by atoms with Crippen molar-refractivity contribution in [1.29, 1.82) is 0 Å². The lowest BCUT2D eigenvalue weighted by molar-refractivity contribution is 0.574. The molecule has 0 N–H and O–H groups in total. The molecule has 0 aromatic carbocycles. The lowest BCUT2D eigenvalue weighted by atomic mass is 10.3. The third-order valence-corrected chi connectivity index (χ3v) is 2.17. The van der Waals surface area contributed by atoms with Gasteiger partial charge in [0.1, 0.15) is 12.1 Å². The van der Waals surface area contributed by atoms with Crippen LogP contribution in [0, 0.1) is 6.92 Å². The van der Waals surface area contributed by atoms with Crippen molar-refractivity contribution in [2.24, 2.45) is 0 Å². The normalized spacial score (nSPS) is 17.5. The zero-order valence-corrected chi connectivity index (χ0v) is 7.77. The maximum Gasteiger partial charge on any atom is 0.132 e. The topological polar surface area (TPSA) is 43.1 Å². The van der Waals surface area contributed by atoms with Gasteiger partial charge in [-0.3, -0.25) is 0 Å². The van der Waals surface area contributed by atoms with E-state index in [-0.39, 0.29) is 0 Å². The van der Waals surface area contributed by atoms with E-state index in [1.807, 2.05) is 13.0 Å². The molecule has 0 saturated carbocycles. The van der Waals surface area contributed by atoms with Crippen LogP contribution in [0.1, 0.15) is 5.69 Å². The van der Waals surface area contributed by atoms with Gasteiger partial charge in [0.05, 0.1) is 0 Å². The summed E-state index contributed by atoms with van der Waals surface area (Å²) in [5.41, 5.74) is 1.02. The Kier molecular flexibility index (Phi) is 2.40. The first kappa shape index (κ1) is 8.44. The molecule has 0 aliphatic carbocycles. The SMILES string of the molecule is Cc1cc(N2CC[N]CC2)ncn1. The maximum atomic E-state index is 4.29. The van der Waals surface area contributed by atoms with Gasteiger partial charge in [0.2, 0.25) is 0 Å². The van der Waals surface area contributed by atoms with Crippen molar-refractivity contribution in [2.45, 2.75) is 6.92 Å². The van der Waals surface area contributed by atoms with Crippen LogP contribution in [0.15, 0.2) is 12.4 Å². The largest absolute Gasteiger partial charge is 0.354 e. The van der Waals surface area contributed by atoms with Gasteiger partial charge < -0.3 is 4.90 Å². The van der Waals surface area contributed by atoms with E-state index in [0.29, 0.717) is 0 Å². The molecule has 1 aromatic heterocycles. The number of aromatic nitrogens is 2. The van der Waals surface area contributed by atoms with Gasteiger partial charge >= 0.3 is 0 Å². The first-order chi connectivity index (χ1) is 6.36. The van der Waals surface area contributed by atoms with Crippen LogP contribution >= 0.6 is 0 Å². The molecule has 1 aliphatic rings.